The number of carbonyl (C=O) groups is 1. The number of fused-ring (bicyclic) bond motifs is 5. The number of furan rings is 1. The van der Waals surface area contributed by atoms with Crippen LogP contribution in [0.1, 0.15) is 25.7 Å². The molecule has 0 unspecified atom stereocenters. The summed E-state index contributed by atoms with van der Waals surface area (Å²) in [6, 6.07) is 1.67. The molecule has 2 atom stereocenters. The quantitative estimate of drug-likeness (QED) is 0.471. The number of carboxylic acids is 1. The second-order valence-electron chi connectivity index (χ2n) is 8.23. The minimum atomic E-state index is -0.728. The van der Waals surface area contributed by atoms with Crippen LogP contribution in [0.15, 0.2) is 35.5 Å². The summed E-state index contributed by atoms with van der Waals surface area (Å²) in [5.74, 6) is 0.509. The molecule has 0 aliphatic heterocycles. The normalized spacial score (nSPS) is 25.7. The van der Waals surface area contributed by atoms with Crippen molar-refractivity contribution in [3.8, 4) is 11.4 Å². The summed E-state index contributed by atoms with van der Waals surface area (Å²) >= 11 is 0. The average Bonchev–Trinajstić information content (AvgIpc) is 3.41. The second-order valence-corrected chi connectivity index (χ2v) is 8.23. The van der Waals surface area contributed by atoms with E-state index in [0.29, 0.717) is 28.9 Å². The number of hydrogen-bond donors (Lipinski definition) is 3. The van der Waals surface area contributed by atoms with Crippen LogP contribution in [0.4, 0.5) is 5.82 Å². The monoisotopic (exact) mass is 404 g/mol. The molecule has 4 aromatic heterocycles. The molecule has 3 N–H and O–H groups in total. The number of aliphatic carboxylic acids is 1. The molecule has 9 nitrogen and oxygen atoms in total. The van der Waals surface area contributed by atoms with Crippen LogP contribution in [0.5, 0.6) is 0 Å². The van der Waals surface area contributed by atoms with Gasteiger partial charge in [-0.05, 0) is 43.6 Å². The van der Waals surface area contributed by atoms with Crippen molar-refractivity contribution in [2.24, 2.45) is 17.8 Å². The third-order valence-electron chi connectivity index (χ3n) is 6.73. The molecule has 2 bridgehead atoms. The highest BCUT2D eigenvalue weighted by atomic mass is 16.4. The van der Waals surface area contributed by atoms with Gasteiger partial charge in [0.15, 0.2) is 5.82 Å². The number of anilines is 1. The number of aromatic amines is 1. The molecule has 30 heavy (non-hydrogen) atoms. The zero-order valence-corrected chi connectivity index (χ0v) is 16.1. The Bertz CT molecular complexity index is 1260. The van der Waals surface area contributed by atoms with Crippen LogP contribution in [0.2, 0.25) is 0 Å². The first-order valence-corrected chi connectivity index (χ1v) is 10.2. The van der Waals surface area contributed by atoms with Crippen molar-refractivity contribution in [1.29, 1.82) is 0 Å². The van der Waals surface area contributed by atoms with Crippen LogP contribution in [0, 0.1) is 17.8 Å². The van der Waals surface area contributed by atoms with E-state index >= 15 is 0 Å². The largest absolute Gasteiger partial charge is 0.481 e. The van der Waals surface area contributed by atoms with Crippen LogP contribution in [0.3, 0.4) is 0 Å². The second kappa shape index (κ2) is 6.51. The lowest BCUT2D eigenvalue weighted by atomic mass is 9.61. The number of H-pyrrole nitrogens is 1. The van der Waals surface area contributed by atoms with Gasteiger partial charge in [0, 0.05) is 29.4 Å². The summed E-state index contributed by atoms with van der Waals surface area (Å²) in [5.41, 5.74) is 1.93. The number of nitrogens with one attached hydrogen (secondary N) is 2. The fraction of sp³-hybridized carbons (Fsp3) is 0.381. The maximum Gasteiger partial charge on any atom is 0.308 e. The Kier molecular flexibility index (Phi) is 3.77. The van der Waals surface area contributed by atoms with E-state index in [0.717, 1.165) is 42.0 Å². The topological polar surface area (TPSA) is 130 Å². The van der Waals surface area contributed by atoms with Crippen LogP contribution >= 0.6 is 0 Å². The van der Waals surface area contributed by atoms with Crippen molar-refractivity contribution < 1.29 is 14.3 Å². The highest BCUT2D eigenvalue weighted by molar-refractivity contribution is 5.94. The smallest absolute Gasteiger partial charge is 0.308 e. The molecule has 4 aromatic rings. The SMILES string of the molecule is O=C(O)[C@@H]1C2CCC(CC2)[C@H]1Nc1nc(-c2c[nH]c3ncncc23)nc2occc12. The van der Waals surface area contributed by atoms with Crippen molar-refractivity contribution in [2.75, 3.05) is 5.32 Å². The first-order valence-electron chi connectivity index (χ1n) is 10.2. The molecule has 4 heterocycles. The molecule has 3 aliphatic rings. The molecule has 3 aliphatic carbocycles. The number of rotatable bonds is 4. The minimum absolute atomic E-state index is 0.151. The molecule has 0 aromatic carbocycles. The Labute approximate surface area is 171 Å². The van der Waals surface area contributed by atoms with E-state index in [1.165, 1.54) is 6.33 Å². The fourth-order valence-corrected chi connectivity index (χ4v) is 5.30. The van der Waals surface area contributed by atoms with Crippen molar-refractivity contribution in [1.82, 2.24) is 24.9 Å². The standard InChI is InChI=1S/C21H20N6O3/c28-21(29)15-10-1-3-11(4-2-10)16(15)25-18-12-5-6-30-20(12)27-19(26-18)14-8-23-17-13(14)7-22-9-24-17/h5-11,15-16H,1-4H2,(H,28,29)(H,22,23,24)(H,25,26,27)/t10?,11?,15-,16-/m1/s1. The molecule has 9 heteroatoms. The lowest BCUT2D eigenvalue weighted by Crippen LogP contribution is -2.51. The van der Waals surface area contributed by atoms with Gasteiger partial charge in [-0.1, -0.05) is 0 Å². The van der Waals surface area contributed by atoms with Crippen LogP contribution in [-0.4, -0.2) is 42.0 Å². The van der Waals surface area contributed by atoms with E-state index < -0.39 is 11.9 Å². The van der Waals surface area contributed by atoms with E-state index in [1.807, 2.05) is 6.07 Å². The summed E-state index contributed by atoms with van der Waals surface area (Å²) in [7, 11) is 0. The van der Waals surface area contributed by atoms with E-state index in [9.17, 15) is 9.90 Å². The third-order valence-corrected chi connectivity index (χ3v) is 6.73. The molecular formula is C21H20N6O3. The van der Waals surface area contributed by atoms with E-state index in [2.05, 4.69) is 25.3 Å². The minimum Gasteiger partial charge on any atom is -0.481 e. The maximum atomic E-state index is 12.0. The molecule has 3 saturated carbocycles. The predicted octanol–water partition coefficient (Wildman–Crippen LogP) is 3.46. The highest BCUT2D eigenvalue weighted by Gasteiger charge is 2.47. The molecule has 7 rings (SSSR count). The Balaban J connectivity index is 1.45. The van der Waals surface area contributed by atoms with Gasteiger partial charge in [0.05, 0.1) is 17.6 Å². The zero-order valence-electron chi connectivity index (χ0n) is 16.1. The zero-order chi connectivity index (χ0) is 20.2. The molecule has 0 amide bonds. The third kappa shape index (κ3) is 2.58. The molecule has 0 spiro atoms. The van der Waals surface area contributed by atoms with Crippen molar-refractivity contribution in [3.05, 3.63) is 31.1 Å². The van der Waals surface area contributed by atoms with Crippen molar-refractivity contribution in [3.63, 3.8) is 0 Å². The van der Waals surface area contributed by atoms with Crippen molar-refractivity contribution in [2.45, 2.75) is 31.7 Å². The van der Waals surface area contributed by atoms with Gasteiger partial charge in [-0.2, -0.15) is 4.98 Å². The lowest BCUT2D eigenvalue weighted by molar-refractivity contribution is -0.148. The summed E-state index contributed by atoms with van der Waals surface area (Å²) in [5, 5.41) is 15.0. The molecule has 3 fully saturated rings. The highest BCUT2D eigenvalue weighted by Crippen LogP contribution is 2.46. The number of nitrogens with zero attached hydrogens (tertiary/aromatic N) is 4. The molecule has 0 saturated heterocycles. The summed E-state index contributed by atoms with van der Waals surface area (Å²) in [6.07, 6.45) is 10.7. The molecule has 0 radical (unpaired) electrons. The van der Waals surface area contributed by atoms with Gasteiger partial charge in [-0.3, -0.25) is 4.79 Å². The first-order chi connectivity index (χ1) is 14.7. The summed E-state index contributed by atoms with van der Waals surface area (Å²) in [4.78, 5) is 32.9. The maximum absolute atomic E-state index is 12.0. The van der Waals surface area contributed by atoms with E-state index in [-0.39, 0.29) is 12.0 Å². The van der Waals surface area contributed by atoms with Gasteiger partial charge >= 0.3 is 5.97 Å². The Hall–Kier alpha value is -3.49. The number of carboxylic acid groups (broad SMARTS) is 1. The summed E-state index contributed by atoms with van der Waals surface area (Å²) in [6.45, 7) is 0. The van der Waals surface area contributed by atoms with Crippen molar-refractivity contribution >= 4 is 33.9 Å². The lowest BCUT2D eigenvalue weighted by Gasteiger charge is -2.47. The van der Waals surface area contributed by atoms with Crippen LogP contribution in [0.25, 0.3) is 33.5 Å². The summed E-state index contributed by atoms with van der Waals surface area (Å²) < 4.78 is 5.59. The van der Waals surface area contributed by atoms with Crippen LogP contribution in [-0.2, 0) is 4.79 Å². The number of aromatic nitrogens is 5. The number of hydrogen-bond acceptors (Lipinski definition) is 7. The first kappa shape index (κ1) is 17.4. The Morgan fingerprint density at radius 2 is 2.00 bits per heavy atom. The Morgan fingerprint density at radius 3 is 2.83 bits per heavy atom. The molecule has 152 valence electrons. The van der Waals surface area contributed by atoms with Crippen LogP contribution < -0.4 is 5.32 Å². The fourth-order valence-electron chi connectivity index (χ4n) is 5.30. The van der Waals surface area contributed by atoms with Gasteiger partial charge in [-0.25, -0.2) is 15.0 Å². The van der Waals surface area contributed by atoms with E-state index in [4.69, 9.17) is 9.40 Å². The van der Waals surface area contributed by atoms with Gasteiger partial charge in [0.25, 0.3) is 0 Å². The van der Waals surface area contributed by atoms with Gasteiger partial charge in [0.2, 0.25) is 5.71 Å². The van der Waals surface area contributed by atoms with Gasteiger partial charge < -0.3 is 19.8 Å². The average molecular weight is 404 g/mol. The van der Waals surface area contributed by atoms with Gasteiger partial charge in [-0.15, -0.1) is 0 Å². The van der Waals surface area contributed by atoms with E-state index in [1.54, 1.807) is 18.7 Å². The van der Waals surface area contributed by atoms with Gasteiger partial charge in [0.1, 0.15) is 17.8 Å². The Morgan fingerprint density at radius 1 is 1.17 bits per heavy atom. The predicted molar refractivity (Wildman–Crippen MR) is 109 cm³/mol. The molecular weight excluding hydrogens is 384 g/mol.